The fourth-order valence-electron chi connectivity index (χ4n) is 2.70. The first-order valence-corrected chi connectivity index (χ1v) is 7.04. The van der Waals surface area contributed by atoms with Gasteiger partial charge in [0.2, 0.25) is 0 Å². The molecule has 0 aliphatic rings. The summed E-state index contributed by atoms with van der Waals surface area (Å²) >= 11 is 0. The summed E-state index contributed by atoms with van der Waals surface area (Å²) in [4.78, 5) is 6.42. The standard InChI is InChI=1S/C18H19N3/c1-13-4-3-5-14(10-13)12-21(2)18-7-6-17(19)16-11-20-9-8-15(16)18/h3-11H,12,19H2,1-2H3. The maximum Gasteiger partial charge on any atom is 0.0448 e. The summed E-state index contributed by atoms with van der Waals surface area (Å²) in [5, 5.41) is 2.14. The van der Waals surface area contributed by atoms with E-state index < -0.39 is 0 Å². The van der Waals surface area contributed by atoms with E-state index in [1.165, 1.54) is 16.8 Å². The van der Waals surface area contributed by atoms with Crippen molar-refractivity contribution in [2.75, 3.05) is 17.7 Å². The van der Waals surface area contributed by atoms with Gasteiger partial charge in [0.1, 0.15) is 0 Å². The number of nitrogens with zero attached hydrogens (tertiary/aromatic N) is 2. The predicted molar refractivity (Wildman–Crippen MR) is 89.4 cm³/mol. The second kappa shape index (κ2) is 5.44. The number of nitrogen functional groups attached to an aromatic ring is 1. The van der Waals surface area contributed by atoms with E-state index >= 15 is 0 Å². The van der Waals surface area contributed by atoms with Crippen LogP contribution in [-0.4, -0.2) is 12.0 Å². The van der Waals surface area contributed by atoms with Crippen LogP contribution in [0.5, 0.6) is 0 Å². The van der Waals surface area contributed by atoms with Gasteiger partial charge in [-0.3, -0.25) is 4.98 Å². The zero-order valence-corrected chi connectivity index (χ0v) is 12.4. The van der Waals surface area contributed by atoms with Gasteiger partial charge >= 0.3 is 0 Å². The summed E-state index contributed by atoms with van der Waals surface area (Å²) in [6.07, 6.45) is 3.64. The highest BCUT2D eigenvalue weighted by Crippen LogP contribution is 2.30. The van der Waals surface area contributed by atoms with Crippen LogP contribution in [0, 0.1) is 6.92 Å². The zero-order chi connectivity index (χ0) is 14.8. The Labute approximate surface area is 125 Å². The number of aryl methyl sites for hydroxylation is 1. The lowest BCUT2D eigenvalue weighted by Crippen LogP contribution is -2.16. The van der Waals surface area contributed by atoms with Crippen LogP contribution >= 0.6 is 0 Å². The molecule has 1 heterocycles. The van der Waals surface area contributed by atoms with Gasteiger partial charge in [0.25, 0.3) is 0 Å². The van der Waals surface area contributed by atoms with Crippen molar-refractivity contribution in [3.8, 4) is 0 Å². The van der Waals surface area contributed by atoms with Crippen LogP contribution in [-0.2, 0) is 6.54 Å². The Morgan fingerprint density at radius 3 is 2.76 bits per heavy atom. The first kappa shape index (κ1) is 13.4. The van der Waals surface area contributed by atoms with Crippen LogP contribution in [0.3, 0.4) is 0 Å². The number of hydrogen-bond acceptors (Lipinski definition) is 3. The van der Waals surface area contributed by atoms with Crippen molar-refractivity contribution < 1.29 is 0 Å². The van der Waals surface area contributed by atoms with Crippen LogP contribution in [0.1, 0.15) is 11.1 Å². The molecule has 0 saturated heterocycles. The average Bonchev–Trinajstić information content (AvgIpc) is 2.48. The molecule has 3 rings (SSSR count). The van der Waals surface area contributed by atoms with Crippen LogP contribution in [0.25, 0.3) is 10.8 Å². The molecule has 21 heavy (non-hydrogen) atoms. The van der Waals surface area contributed by atoms with Gasteiger partial charge < -0.3 is 10.6 Å². The predicted octanol–water partition coefficient (Wildman–Crippen LogP) is 3.76. The number of anilines is 2. The average molecular weight is 277 g/mol. The molecule has 3 nitrogen and oxygen atoms in total. The molecule has 2 aromatic carbocycles. The Morgan fingerprint density at radius 2 is 1.95 bits per heavy atom. The summed E-state index contributed by atoms with van der Waals surface area (Å²) in [5.41, 5.74) is 10.6. The molecule has 0 fully saturated rings. The van der Waals surface area contributed by atoms with Gasteiger partial charge in [-0.25, -0.2) is 0 Å². The smallest absolute Gasteiger partial charge is 0.0448 e. The van der Waals surface area contributed by atoms with E-state index in [1.54, 1.807) is 0 Å². The number of hydrogen-bond donors (Lipinski definition) is 1. The van der Waals surface area contributed by atoms with Gasteiger partial charge in [0.05, 0.1) is 0 Å². The first-order chi connectivity index (χ1) is 10.1. The Hall–Kier alpha value is -2.55. The van der Waals surface area contributed by atoms with Crippen molar-refractivity contribution in [2.24, 2.45) is 0 Å². The first-order valence-electron chi connectivity index (χ1n) is 7.04. The van der Waals surface area contributed by atoms with Crippen molar-refractivity contribution in [3.63, 3.8) is 0 Å². The van der Waals surface area contributed by atoms with Gasteiger partial charge in [-0.1, -0.05) is 29.8 Å². The van der Waals surface area contributed by atoms with Crippen molar-refractivity contribution in [1.82, 2.24) is 4.98 Å². The molecule has 0 unspecified atom stereocenters. The van der Waals surface area contributed by atoms with E-state index in [4.69, 9.17) is 5.73 Å². The quantitative estimate of drug-likeness (QED) is 0.741. The number of aromatic nitrogens is 1. The summed E-state index contributed by atoms with van der Waals surface area (Å²) in [6.45, 7) is 2.98. The highest BCUT2D eigenvalue weighted by atomic mass is 15.1. The van der Waals surface area contributed by atoms with E-state index in [-0.39, 0.29) is 0 Å². The number of rotatable bonds is 3. The monoisotopic (exact) mass is 277 g/mol. The summed E-state index contributed by atoms with van der Waals surface area (Å²) < 4.78 is 0. The van der Waals surface area contributed by atoms with Crippen molar-refractivity contribution in [2.45, 2.75) is 13.5 Å². The molecule has 0 radical (unpaired) electrons. The topological polar surface area (TPSA) is 42.1 Å². The number of fused-ring (bicyclic) bond motifs is 1. The molecule has 106 valence electrons. The van der Waals surface area contributed by atoms with E-state index in [1.807, 2.05) is 24.5 Å². The fourth-order valence-corrected chi connectivity index (χ4v) is 2.70. The minimum Gasteiger partial charge on any atom is -0.398 e. The van der Waals surface area contributed by atoms with E-state index in [0.29, 0.717) is 0 Å². The van der Waals surface area contributed by atoms with Crippen molar-refractivity contribution >= 4 is 22.1 Å². The second-order valence-electron chi connectivity index (χ2n) is 5.44. The molecule has 2 N–H and O–H groups in total. The third kappa shape index (κ3) is 2.68. The normalized spacial score (nSPS) is 10.8. The summed E-state index contributed by atoms with van der Waals surface area (Å²) in [5.74, 6) is 0. The fraction of sp³-hybridized carbons (Fsp3) is 0.167. The molecule has 0 atom stereocenters. The molecular formula is C18H19N3. The second-order valence-corrected chi connectivity index (χ2v) is 5.44. The highest BCUT2D eigenvalue weighted by Gasteiger charge is 2.08. The molecular weight excluding hydrogens is 258 g/mol. The Kier molecular flexibility index (Phi) is 3.48. The van der Waals surface area contributed by atoms with E-state index in [2.05, 4.69) is 54.2 Å². The molecule has 3 heteroatoms. The van der Waals surface area contributed by atoms with Crippen LogP contribution in [0.2, 0.25) is 0 Å². The largest absolute Gasteiger partial charge is 0.398 e. The van der Waals surface area contributed by atoms with Gasteiger partial charge in [-0.15, -0.1) is 0 Å². The third-order valence-electron chi connectivity index (χ3n) is 3.74. The maximum atomic E-state index is 6.04. The molecule has 0 bridgehead atoms. The molecule has 3 aromatic rings. The lowest BCUT2D eigenvalue weighted by atomic mass is 10.1. The van der Waals surface area contributed by atoms with E-state index in [0.717, 1.165) is 23.0 Å². The molecule has 0 aliphatic heterocycles. The van der Waals surface area contributed by atoms with Gasteiger partial charge in [-0.05, 0) is 30.7 Å². The molecule has 0 spiro atoms. The Morgan fingerprint density at radius 1 is 1.10 bits per heavy atom. The molecule has 1 aromatic heterocycles. The van der Waals surface area contributed by atoms with Crippen LogP contribution < -0.4 is 10.6 Å². The molecule has 0 saturated carbocycles. The number of benzene rings is 2. The number of pyridine rings is 1. The lowest BCUT2D eigenvalue weighted by Gasteiger charge is -2.22. The maximum absolute atomic E-state index is 6.04. The minimum absolute atomic E-state index is 0.769. The summed E-state index contributed by atoms with van der Waals surface area (Å²) in [7, 11) is 2.10. The van der Waals surface area contributed by atoms with E-state index in [9.17, 15) is 0 Å². The minimum atomic E-state index is 0.769. The Balaban J connectivity index is 1.98. The lowest BCUT2D eigenvalue weighted by molar-refractivity contribution is 0.926. The molecule has 0 amide bonds. The highest BCUT2D eigenvalue weighted by molar-refractivity contribution is 6.00. The molecule has 0 aliphatic carbocycles. The van der Waals surface area contributed by atoms with Crippen molar-refractivity contribution in [1.29, 1.82) is 0 Å². The zero-order valence-electron chi connectivity index (χ0n) is 12.4. The summed E-state index contributed by atoms with van der Waals surface area (Å²) in [6, 6.07) is 14.6. The number of nitrogens with two attached hydrogens (primary N) is 1. The van der Waals surface area contributed by atoms with Crippen molar-refractivity contribution in [3.05, 3.63) is 66.0 Å². The van der Waals surface area contributed by atoms with Crippen LogP contribution in [0.15, 0.2) is 54.9 Å². The van der Waals surface area contributed by atoms with Gasteiger partial charge in [0, 0.05) is 48.1 Å². The third-order valence-corrected chi connectivity index (χ3v) is 3.74. The van der Waals surface area contributed by atoms with Gasteiger partial charge in [0.15, 0.2) is 0 Å². The SMILES string of the molecule is Cc1cccc(CN(C)c2ccc(N)c3cnccc23)c1. The Bertz CT molecular complexity index is 780. The van der Waals surface area contributed by atoms with Crippen LogP contribution in [0.4, 0.5) is 11.4 Å². The van der Waals surface area contributed by atoms with Gasteiger partial charge in [-0.2, -0.15) is 0 Å².